The van der Waals surface area contributed by atoms with Gasteiger partial charge in [0.15, 0.2) is 15.7 Å². The Kier molecular flexibility index (Phi) is 4.95. The summed E-state index contributed by atoms with van der Waals surface area (Å²) >= 11 is 0. The van der Waals surface area contributed by atoms with Crippen molar-refractivity contribution in [3.8, 4) is 0 Å². The van der Waals surface area contributed by atoms with E-state index in [2.05, 4.69) is 22.3 Å². The molecule has 0 N–H and O–H groups in total. The summed E-state index contributed by atoms with van der Waals surface area (Å²) in [7, 11) is -3.60. The molecule has 2 heterocycles. The van der Waals surface area contributed by atoms with Gasteiger partial charge in [0.25, 0.3) is 0 Å². The third kappa shape index (κ3) is 3.82. The average Bonchev–Trinajstić information content (AvgIpc) is 3.38. The minimum Gasteiger partial charge on any atom is -0.334 e. The highest BCUT2D eigenvalue weighted by Gasteiger charge is 2.31. The van der Waals surface area contributed by atoms with Crippen LogP contribution < -0.4 is 0 Å². The number of sulfone groups is 1. The zero-order chi connectivity index (χ0) is 19.6. The summed E-state index contributed by atoms with van der Waals surface area (Å²) in [5.41, 5.74) is 1.19. The Bertz CT molecular complexity index is 1070. The summed E-state index contributed by atoms with van der Waals surface area (Å²) in [6.07, 6.45) is 0.860. The predicted octanol–water partition coefficient (Wildman–Crippen LogP) is 2.67. The van der Waals surface area contributed by atoms with Crippen molar-refractivity contribution in [3.05, 3.63) is 77.9 Å². The number of likely N-dealkylation sites (tertiary alicyclic amines) is 1. The smallest absolute Gasteiger partial charge is 0.316 e. The Morgan fingerprint density at radius 2 is 1.75 bits per heavy atom. The number of carbonyl (C=O) groups excluding carboxylic acids is 1. The maximum absolute atomic E-state index is 12.7. The first-order valence-electron chi connectivity index (χ1n) is 8.97. The topological polar surface area (TPSA) is 93.4 Å². The van der Waals surface area contributed by atoms with E-state index in [0.717, 1.165) is 6.42 Å². The summed E-state index contributed by atoms with van der Waals surface area (Å²) < 4.78 is 29.9. The number of rotatable bonds is 5. The van der Waals surface area contributed by atoms with Crippen LogP contribution >= 0.6 is 0 Å². The Morgan fingerprint density at radius 3 is 2.46 bits per heavy atom. The van der Waals surface area contributed by atoms with Crippen LogP contribution in [-0.2, 0) is 15.6 Å². The molecule has 1 saturated heterocycles. The van der Waals surface area contributed by atoms with Crippen molar-refractivity contribution >= 4 is 15.7 Å². The fourth-order valence-electron chi connectivity index (χ4n) is 3.36. The standard InChI is InChI=1S/C20H19N3O4S/c24-20(23-12-11-16(13-23)15-7-3-1-4-8-15)19-21-18(22-27-19)14-28(25,26)17-9-5-2-6-10-17/h1-10,16H,11-14H2. The minimum absolute atomic E-state index is 0.0222. The molecular formula is C20H19N3O4S. The van der Waals surface area contributed by atoms with Gasteiger partial charge in [-0.15, -0.1) is 0 Å². The first-order valence-corrected chi connectivity index (χ1v) is 10.6. The van der Waals surface area contributed by atoms with E-state index in [0.29, 0.717) is 13.1 Å². The predicted molar refractivity (Wildman–Crippen MR) is 101 cm³/mol. The zero-order valence-corrected chi connectivity index (χ0v) is 15.9. The molecule has 144 valence electrons. The monoisotopic (exact) mass is 397 g/mol. The van der Waals surface area contributed by atoms with Crippen LogP contribution in [0.15, 0.2) is 70.1 Å². The molecule has 2 aromatic carbocycles. The molecule has 1 fully saturated rings. The van der Waals surface area contributed by atoms with Crippen LogP contribution in [0.3, 0.4) is 0 Å². The quantitative estimate of drug-likeness (QED) is 0.657. The Labute approximate surface area is 162 Å². The third-order valence-electron chi connectivity index (χ3n) is 4.82. The highest BCUT2D eigenvalue weighted by Crippen LogP contribution is 2.27. The van der Waals surface area contributed by atoms with Gasteiger partial charge in [-0.3, -0.25) is 4.79 Å². The lowest BCUT2D eigenvalue weighted by atomic mass is 9.99. The second kappa shape index (κ2) is 7.55. The van der Waals surface area contributed by atoms with Crippen molar-refractivity contribution in [1.29, 1.82) is 0 Å². The van der Waals surface area contributed by atoms with Gasteiger partial charge >= 0.3 is 11.8 Å². The number of hydrogen-bond acceptors (Lipinski definition) is 6. The molecule has 0 aliphatic carbocycles. The SMILES string of the molecule is O=C(c1nc(CS(=O)(=O)c2ccccc2)no1)N1CCC(c2ccccc2)C1. The molecule has 0 radical (unpaired) electrons. The molecule has 0 bridgehead atoms. The van der Waals surface area contributed by atoms with E-state index in [1.54, 1.807) is 23.1 Å². The fourth-order valence-corrected chi connectivity index (χ4v) is 4.55. The molecule has 1 aliphatic heterocycles. The van der Waals surface area contributed by atoms with Crippen molar-refractivity contribution in [3.63, 3.8) is 0 Å². The Balaban J connectivity index is 1.44. The molecule has 1 unspecified atom stereocenters. The number of aromatic nitrogens is 2. The first-order chi connectivity index (χ1) is 13.5. The van der Waals surface area contributed by atoms with Crippen molar-refractivity contribution in [2.45, 2.75) is 23.0 Å². The fraction of sp³-hybridized carbons (Fsp3) is 0.250. The maximum Gasteiger partial charge on any atom is 0.316 e. The van der Waals surface area contributed by atoms with Gasteiger partial charge in [0.1, 0.15) is 5.75 Å². The van der Waals surface area contributed by atoms with Gasteiger partial charge in [-0.05, 0) is 24.1 Å². The number of benzene rings is 2. The third-order valence-corrected chi connectivity index (χ3v) is 6.45. The molecule has 7 nitrogen and oxygen atoms in total. The van der Waals surface area contributed by atoms with Crippen molar-refractivity contribution < 1.29 is 17.7 Å². The van der Waals surface area contributed by atoms with Crippen molar-refractivity contribution in [2.75, 3.05) is 13.1 Å². The average molecular weight is 397 g/mol. The second-order valence-electron chi connectivity index (χ2n) is 6.74. The summed E-state index contributed by atoms with van der Waals surface area (Å²) in [4.78, 5) is 18.5. The summed E-state index contributed by atoms with van der Waals surface area (Å²) in [5, 5.41) is 3.68. The largest absolute Gasteiger partial charge is 0.334 e. The van der Waals surface area contributed by atoms with E-state index in [1.165, 1.54) is 17.7 Å². The highest BCUT2D eigenvalue weighted by molar-refractivity contribution is 7.90. The lowest BCUT2D eigenvalue weighted by Gasteiger charge is -2.14. The van der Waals surface area contributed by atoms with Gasteiger partial charge in [0.2, 0.25) is 0 Å². The van der Waals surface area contributed by atoms with Crippen LogP contribution in [0, 0.1) is 0 Å². The van der Waals surface area contributed by atoms with Crippen LogP contribution in [0.1, 0.15) is 34.4 Å². The number of nitrogens with zero attached hydrogens (tertiary/aromatic N) is 3. The Morgan fingerprint density at radius 1 is 1.07 bits per heavy atom. The molecule has 0 spiro atoms. The molecular weight excluding hydrogens is 378 g/mol. The number of carbonyl (C=O) groups is 1. The summed E-state index contributed by atoms with van der Waals surface area (Å²) in [5.74, 6) is -0.710. The maximum atomic E-state index is 12.7. The molecule has 1 atom stereocenters. The van der Waals surface area contributed by atoms with Gasteiger partial charge < -0.3 is 9.42 Å². The highest BCUT2D eigenvalue weighted by atomic mass is 32.2. The zero-order valence-electron chi connectivity index (χ0n) is 15.1. The van der Waals surface area contributed by atoms with Crippen LogP contribution in [-0.4, -0.2) is 42.5 Å². The van der Waals surface area contributed by atoms with E-state index in [1.807, 2.05) is 18.2 Å². The molecule has 4 rings (SSSR count). The van der Waals surface area contributed by atoms with E-state index < -0.39 is 15.6 Å². The van der Waals surface area contributed by atoms with Gasteiger partial charge in [0, 0.05) is 19.0 Å². The molecule has 1 aliphatic rings. The van der Waals surface area contributed by atoms with E-state index in [9.17, 15) is 13.2 Å². The molecule has 8 heteroatoms. The van der Waals surface area contributed by atoms with Crippen LogP contribution in [0.2, 0.25) is 0 Å². The molecule has 1 amide bonds. The second-order valence-corrected chi connectivity index (χ2v) is 8.72. The Hall–Kier alpha value is -3.00. The number of hydrogen-bond donors (Lipinski definition) is 0. The van der Waals surface area contributed by atoms with Gasteiger partial charge in [-0.25, -0.2) is 8.42 Å². The first kappa shape index (κ1) is 18.4. The van der Waals surface area contributed by atoms with Gasteiger partial charge in [-0.2, -0.15) is 4.98 Å². The van der Waals surface area contributed by atoms with Gasteiger partial charge in [-0.1, -0.05) is 53.7 Å². The number of amides is 1. The van der Waals surface area contributed by atoms with Gasteiger partial charge in [0.05, 0.1) is 4.90 Å². The molecule has 28 heavy (non-hydrogen) atoms. The van der Waals surface area contributed by atoms with E-state index in [4.69, 9.17) is 4.52 Å². The minimum atomic E-state index is -3.60. The van der Waals surface area contributed by atoms with Crippen LogP contribution in [0.4, 0.5) is 0 Å². The molecule has 3 aromatic rings. The van der Waals surface area contributed by atoms with E-state index in [-0.39, 0.29) is 28.4 Å². The van der Waals surface area contributed by atoms with Crippen molar-refractivity contribution in [2.24, 2.45) is 0 Å². The van der Waals surface area contributed by atoms with Crippen molar-refractivity contribution in [1.82, 2.24) is 15.0 Å². The van der Waals surface area contributed by atoms with E-state index >= 15 is 0 Å². The lowest BCUT2D eigenvalue weighted by Crippen LogP contribution is -2.28. The summed E-state index contributed by atoms with van der Waals surface area (Å²) in [6.45, 7) is 1.17. The van der Waals surface area contributed by atoms with Crippen LogP contribution in [0.25, 0.3) is 0 Å². The lowest BCUT2D eigenvalue weighted by molar-refractivity contribution is 0.0741. The molecule has 0 saturated carbocycles. The van der Waals surface area contributed by atoms with Crippen LogP contribution in [0.5, 0.6) is 0 Å². The summed E-state index contributed by atoms with van der Waals surface area (Å²) in [6, 6.07) is 18.1. The molecule has 1 aromatic heterocycles. The normalized spacial score (nSPS) is 17.0.